The molecule has 2 amide bonds. The number of para-hydroxylation sites is 1. The average molecular weight is 306 g/mol. The SMILES string of the molecule is CCOc1cccc2cc(C(C)NC(=O)N(C)CCO)oc12. The number of hydrogen-bond donors (Lipinski definition) is 2. The van der Waals surface area contributed by atoms with E-state index in [1.54, 1.807) is 7.05 Å². The van der Waals surface area contributed by atoms with Gasteiger partial charge in [0.1, 0.15) is 5.76 Å². The van der Waals surface area contributed by atoms with Gasteiger partial charge < -0.3 is 24.5 Å². The topological polar surface area (TPSA) is 74.9 Å². The van der Waals surface area contributed by atoms with Crippen molar-refractivity contribution in [3.63, 3.8) is 0 Å². The Labute approximate surface area is 129 Å². The van der Waals surface area contributed by atoms with E-state index in [1.165, 1.54) is 4.90 Å². The molecule has 6 heteroatoms. The molecule has 0 saturated carbocycles. The first-order valence-corrected chi connectivity index (χ1v) is 7.34. The number of fused-ring (bicyclic) bond motifs is 1. The van der Waals surface area contributed by atoms with Crippen LogP contribution in [-0.2, 0) is 0 Å². The maximum absolute atomic E-state index is 11.9. The molecule has 120 valence electrons. The van der Waals surface area contributed by atoms with Crippen LogP contribution in [0.3, 0.4) is 0 Å². The third kappa shape index (κ3) is 3.51. The Morgan fingerprint density at radius 2 is 2.27 bits per heavy atom. The molecule has 0 aliphatic rings. The van der Waals surface area contributed by atoms with Gasteiger partial charge in [-0.2, -0.15) is 0 Å². The molecule has 6 nitrogen and oxygen atoms in total. The van der Waals surface area contributed by atoms with Gasteiger partial charge in [0, 0.05) is 19.0 Å². The van der Waals surface area contributed by atoms with Crippen LogP contribution in [0.5, 0.6) is 5.75 Å². The molecule has 1 aromatic carbocycles. The Bertz CT molecular complexity index is 638. The van der Waals surface area contributed by atoms with Crippen molar-refractivity contribution < 1.29 is 19.1 Å². The van der Waals surface area contributed by atoms with Crippen LogP contribution in [0.1, 0.15) is 25.6 Å². The van der Waals surface area contributed by atoms with Crippen LogP contribution in [0.2, 0.25) is 0 Å². The summed E-state index contributed by atoms with van der Waals surface area (Å²) >= 11 is 0. The molecular weight excluding hydrogens is 284 g/mol. The molecule has 2 N–H and O–H groups in total. The summed E-state index contributed by atoms with van der Waals surface area (Å²) in [6.45, 7) is 4.55. The molecule has 0 aliphatic heterocycles. The molecular formula is C16H22N2O4. The summed E-state index contributed by atoms with van der Waals surface area (Å²) in [7, 11) is 1.63. The van der Waals surface area contributed by atoms with E-state index < -0.39 is 0 Å². The number of ether oxygens (including phenoxy) is 1. The number of aliphatic hydroxyl groups is 1. The fraction of sp³-hybridized carbons (Fsp3) is 0.438. The predicted molar refractivity (Wildman–Crippen MR) is 84.0 cm³/mol. The van der Waals surface area contributed by atoms with Crippen LogP contribution in [0.4, 0.5) is 4.79 Å². The highest BCUT2D eigenvalue weighted by atomic mass is 16.5. The largest absolute Gasteiger partial charge is 0.490 e. The summed E-state index contributed by atoms with van der Waals surface area (Å²) in [5.41, 5.74) is 0.684. The Morgan fingerprint density at radius 3 is 2.95 bits per heavy atom. The molecule has 22 heavy (non-hydrogen) atoms. The van der Waals surface area contributed by atoms with Crippen molar-refractivity contribution in [2.24, 2.45) is 0 Å². The van der Waals surface area contributed by atoms with Gasteiger partial charge in [0.25, 0.3) is 0 Å². The zero-order valence-corrected chi connectivity index (χ0v) is 13.1. The van der Waals surface area contributed by atoms with Gasteiger partial charge in [-0.3, -0.25) is 0 Å². The average Bonchev–Trinajstić information content (AvgIpc) is 2.93. The fourth-order valence-electron chi connectivity index (χ4n) is 2.16. The van der Waals surface area contributed by atoms with E-state index in [1.807, 2.05) is 38.1 Å². The van der Waals surface area contributed by atoms with Crippen molar-refractivity contribution in [1.82, 2.24) is 10.2 Å². The molecule has 2 aromatic rings. The number of hydrogen-bond acceptors (Lipinski definition) is 4. The molecule has 0 radical (unpaired) electrons. The van der Waals surface area contributed by atoms with Crippen molar-refractivity contribution >= 4 is 17.0 Å². The number of benzene rings is 1. The van der Waals surface area contributed by atoms with Crippen LogP contribution in [0.15, 0.2) is 28.7 Å². The number of furan rings is 1. The first-order valence-electron chi connectivity index (χ1n) is 7.34. The quantitative estimate of drug-likeness (QED) is 0.860. The van der Waals surface area contributed by atoms with Gasteiger partial charge in [-0.25, -0.2) is 4.79 Å². The minimum atomic E-state index is -0.282. The van der Waals surface area contributed by atoms with E-state index in [4.69, 9.17) is 14.3 Å². The first kappa shape index (κ1) is 16.2. The summed E-state index contributed by atoms with van der Waals surface area (Å²) in [4.78, 5) is 13.4. The lowest BCUT2D eigenvalue weighted by atomic mass is 10.2. The zero-order valence-electron chi connectivity index (χ0n) is 13.1. The molecule has 0 fully saturated rings. The molecule has 0 spiro atoms. The van der Waals surface area contributed by atoms with E-state index in [-0.39, 0.29) is 25.2 Å². The Kier molecular flexibility index (Phi) is 5.27. The highest BCUT2D eigenvalue weighted by Crippen LogP contribution is 2.31. The second-order valence-corrected chi connectivity index (χ2v) is 5.07. The number of carbonyl (C=O) groups excluding carboxylic acids is 1. The molecule has 1 unspecified atom stereocenters. The van der Waals surface area contributed by atoms with Crippen LogP contribution in [-0.4, -0.2) is 42.8 Å². The highest BCUT2D eigenvalue weighted by molar-refractivity contribution is 5.84. The van der Waals surface area contributed by atoms with E-state index in [2.05, 4.69) is 5.32 Å². The minimum absolute atomic E-state index is 0.0688. The predicted octanol–water partition coefficient (Wildman–Crippen LogP) is 2.53. The van der Waals surface area contributed by atoms with Crippen molar-refractivity contribution in [1.29, 1.82) is 0 Å². The number of nitrogens with one attached hydrogen (secondary N) is 1. The molecule has 2 rings (SSSR count). The van der Waals surface area contributed by atoms with E-state index >= 15 is 0 Å². The number of nitrogens with zero attached hydrogens (tertiary/aromatic N) is 1. The van der Waals surface area contributed by atoms with Gasteiger partial charge in [-0.1, -0.05) is 12.1 Å². The molecule has 0 saturated heterocycles. The lowest BCUT2D eigenvalue weighted by Crippen LogP contribution is -2.39. The summed E-state index contributed by atoms with van der Waals surface area (Å²) in [5, 5.41) is 12.6. The molecule has 1 heterocycles. The minimum Gasteiger partial charge on any atom is -0.490 e. The van der Waals surface area contributed by atoms with Crippen molar-refractivity contribution in [2.75, 3.05) is 26.8 Å². The molecule has 0 bridgehead atoms. The van der Waals surface area contributed by atoms with E-state index in [0.717, 1.165) is 5.39 Å². The number of urea groups is 1. The number of rotatable bonds is 6. The van der Waals surface area contributed by atoms with Gasteiger partial charge in [0.05, 0.1) is 19.3 Å². The fourth-order valence-corrected chi connectivity index (χ4v) is 2.16. The monoisotopic (exact) mass is 306 g/mol. The summed E-state index contributed by atoms with van der Waals surface area (Å²) in [5.74, 6) is 1.36. The van der Waals surface area contributed by atoms with Gasteiger partial charge >= 0.3 is 6.03 Å². The van der Waals surface area contributed by atoms with Gasteiger partial charge in [-0.15, -0.1) is 0 Å². The summed E-state index contributed by atoms with van der Waals surface area (Å²) in [6, 6.07) is 7.07. The zero-order chi connectivity index (χ0) is 16.1. The smallest absolute Gasteiger partial charge is 0.317 e. The Balaban J connectivity index is 2.16. The van der Waals surface area contributed by atoms with Crippen molar-refractivity contribution in [2.45, 2.75) is 19.9 Å². The molecule has 1 atom stereocenters. The number of carbonyl (C=O) groups is 1. The van der Waals surface area contributed by atoms with Crippen molar-refractivity contribution in [3.05, 3.63) is 30.0 Å². The molecule has 1 aromatic heterocycles. The second kappa shape index (κ2) is 7.17. The van der Waals surface area contributed by atoms with Gasteiger partial charge in [0.2, 0.25) is 0 Å². The number of aliphatic hydroxyl groups excluding tert-OH is 1. The standard InChI is InChI=1S/C16H22N2O4/c1-4-21-13-7-5-6-12-10-14(22-15(12)13)11(2)17-16(20)18(3)8-9-19/h5-7,10-11,19H,4,8-9H2,1-3H3,(H,17,20). The van der Waals surface area contributed by atoms with E-state index in [0.29, 0.717) is 23.7 Å². The first-order chi connectivity index (χ1) is 10.6. The van der Waals surface area contributed by atoms with Gasteiger partial charge in [-0.05, 0) is 26.0 Å². The Hall–Kier alpha value is -2.21. The van der Waals surface area contributed by atoms with E-state index in [9.17, 15) is 4.79 Å². The third-order valence-electron chi connectivity index (χ3n) is 3.38. The molecule has 0 aliphatic carbocycles. The van der Waals surface area contributed by atoms with Gasteiger partial charge in [0.15, 0.2) is 11.3 Å². The number of likely N-dealkylation sites (N-methyl/N-ethyl adjacent to an activating group) is 1. The summed E-state index contributed by atoms with van der Waals surface area (Å²) in [6.07, 6.45) is 0. The normalized spacial score (nSPS) is 12.2. The van der Waals surface area contributed by atoms with Crippen LogP contribution < -0.4 is 10.1 Å². The maximum Gasteiger partial charge on any atom is 0.317 e. The number of amides is 2. The van der Waals surface area contributed by atoms with Crippen molar-refractivity contribution in [3.8, 4) is 5.75 Å². The summed E-state index contributed by atoms with van der Waals surface area (Å²) < 4.78 is 11.4. The van der Waals surface area contributed by atoms with Crippen LogP contribution in [0.25, 0.3) is 11.0 Å². The Morgan fingerprint density at radius 1 is 1.50 bits per heavy atom. The highest BCUT2D eigenvalue weighted by Gasteiger charge is 2.17. The van der Waals surface area contributed by atoms with Crippen LogP contribution in [0, 0.1) is 0 Å². The third-order valence-corrected chi connectivity index (χ3v) is 3.38. The second-order valence-electron chi connectivity index (χ2n) is 5.07. The maximum atomic E-state index is 11.9. The lowest BCUT2D eigenvalue weighted by Gasteiger charge is -2.19. The lowest BCUT2D eigenvalue weighted by molar-refractivity contribution is 0.186. The van der Waals surface area contributed by atoms with Crippen LogP contribution >= 0.6 is 0 Å².